The van der Waals surface area contributed by atoms with Gasteiger partial charge in [-0.15, -0.1) is 6.58 Å². The van der Waals surface area contributed by atoms with E-state index in [1.807, 2.05) is 72.8 Å². The molecule has 1 heterocycles. The Morgan fingerprint density at radius 2 is 1.80 bits per heavy atom. The van der Waals surface area contributed by atoms with Crippen molar-refractivity contribution >= 4 is 50.9 Å². The van der Waals surface area contributed by atoms with Gasteiger partial charge in [0.25, 0.3) is 0 Å². The first kappa shape index (κ1) is 19.9. The molecular weight excluding hydrogens is 394 g/mol. The van der Waals surface area contributed by atoms with E-state index in [1.54, 1.807) is 11.0 Å². The number of carbonyl (C=O) groups excluding carboxylic acids is 2. The van der Waals surface area contributed by atoms with Crippen LogP contribution in [0.1, 0.15) is 6.42 Å². The number of amides is 2. The maximum Gasteiger partial charge on any atom is 0.242 e. The number of aliphatic imine (C=N–C) groups is 1. The number of para-hydroxylation sites is 1. The molecule has 0 aliphatic carbocycles. The molecule has 30 heavy (non-hydrogen) atoms. The Morgan fingerprint density at radius 3 is 2.60 bits per heavy atom. The Bertz CT molecular complexity index is 1120. The minimum atomic E-state index is -0.512. The van der Waals surface area contributed by atoms with Crippen molar-refractivity contribution < 1.29 is 9.59 Å². The molecule has 4 rings (SSSR count). The number of hydrogen-bond acceptors (Lipinski definition) is 4. The van der Waals surface area contributed by atoms with Crippen LogP contribution >= 0.6 is 11.8 Å². The number of thioether (sulfide) groups is 1. The normalized spacial score (nSPS) is 17.5. The predicted molar refractivity (Wildman–Crippen MR) is 124 cm³/mol. The van der Waals surface area contributed by atoms with Crippen LogP contribution in [0.5, 0.6) is 0 Å². The topological polar surface area (TPSA) is 61.8 Å². The summed E-state index contributed by atoms with van der Waals surface area (Å²) in [6.07, 6.45) is 1.75. The second-order valence-electron chi connectivity index (χ2n) is 6.85. The largest absolute Gasteiger partial charge is 0.326 e. The Balaban J connectivity index is 1.57. The molecule has 1 saturated heterocycles. The highest BCUT2D eigenvalue weighted by atomic mass is 32.2. The van der Waals surface area contributed by atoms with Gasteiger partial charge in [-0.2, -0.15) is 0 Å². The van der Waals surface area contributed by atoms with E-state index >= 15 is 0 Å². The molecule has 0 saturated carbocycles. The number of amidine groups is 1. The van der Waals surface area contributed by atoms with Gasteiger partial charge in [0.1, 0.15) is 5.25 Å². The second-order valence-corrected chi connectivity index (χ2v) is 8.02. The van der Waals surface area contributed by atoms with Gasteiger partial charge in [0.2, 0.25) is 11.8 Å². The molecule has 1 fully saturated rings. The molecule has 6 heteroatoms. The highest BCUT2D eigenvalue weighted by Gasteiger charge is 2.38. The summed E-state index contributed by atoms with van der Waals surface area (Å²) < 4.78 is 0. The van der Waals surface area contributed by atoms with Crippen LogP contribution < -0.4 is 5.32 Å². The Morgan fingerprint density at radius 1 is 1.07 bits per heavy atom. The van der Waals surface area contributed by atoms with E-state index < -0.39 is 5.25 Å². The van der Waals surface area contributed by atoms with E-state index in [2.05, 4.69) is 11.9 Å². The first-order valence-corrected chi connectivity index (χ1v) is 10.5. The van der Waals surface area contributed by atoms with Crippen molar-refractivity contribution in [1.29, 1.82) is 0 Å². The minimum Gasteiger partial charge on any atom is -0.326 e. The molecule has 3 aromatic rings. The molecule has 1 N–H and O–H groups in total. The summed E-state index contributed by atoms with van der Waals surface area (Å²) in [5.74, 6) is -0.320. The number of nitrogens with zero attached hydrogens (tertiary/aromatic N) is 2. The summed E-state index contributed by atoms with van der Waals surface area (Å²) in [5.41, 5.74) is 1.51. The molecule has 1 aliphatic rings. The van der Waals surface area contributed by atoms with E-state index in [0.29, 0.717) is 17.4 Å². The molecule has 1 unspecified atom stereocenters. The van der Waals surface area contributed by atoms with Gasteiger partial charge >= 0.3 is 0 Å². The molecule has 0 aromatic heterocycles. The van der Waals surface area contributed by atoms with E-state index in [4.69, 9.17) is 4.99 Å². The van der Waals surface area contributed by atoms with Gasteiger partial charge in [-0.05, 0) is 23.6 Å². The lowest BCUT2D eigenvalue weighted by molar-refractivity contribution is -0.127. The lowest BCUT2D eigenvalue weighted by atomic mass is 10.1. The van der Waals surface area contributed by atoms with Crippen molar-refractivity contribution in [1.82, 2.24) is 4.90 Å². The maximum atomic E-state index is 12.9. The number of rotatable bonds is 6. The van der Waals surface area contributed by atoms with Crippen molar-refractivity contribution in [2.24, 2.45) is 4.99 Å². The summed E-state index contributed by atoms with van der Waals surface area (Å²) in [6, 6.07) is 23.1. The van der Waals surface area contributed by atoms with E-state index in [-0.39, 0.29) is 18.2 Å². The summed E-state index contributed by atoms with van der Waals surface area (Å²) in [5, 5.41) is 5.03. The third-order valence-corrected chi connectivity index (χ3v) is 5.92. The van der Waals surface area contributed by atoms with Crippen LogP contribution in [-0.2, 0) is 9.59 Å². The molecule has 150 valence electrons. The second kappa shape index (κ2) is 8.97. The number of nitrogens with one attached hydrogen (secondary N) is 1. The molecular formula is C24H21N3O2S. The van der Waals surface area contributed by atoms with Gasteiger partial charge in [0.15, 0.2) is 5.17 Å². The smallest absolute Gasteiger partial charge is 0.242 e. The van der Waals surface area contributed by atoms with E-state index in [1.165, 1.54) is 11.8 Å². The molecule has 1 atom stereocenters. The fourth-order valence-electron chi connectivity index (χ4n) is 3.33. The number of fused-ring (bicyclic) bond motifs is 1. The van der Waals surface area contributed by atoms with Crippen molar-refractivity contribution in [2.45, 2.75) is 11.7 Å². The number of anilines is 1. The van der Waals surface area contributed by atoms with Crippen LogP contribution in [0.25, 0.3) is 10.8 Å². The quantitative estimate of drug-likeness (QED) is 0.577. The summed E-state index contributed by atoms with van der Waals surface area (Å²) in [6.45, 7) is 4.11. The minimum absolute atomic E-state index is 0.0839. The van der Waals surface area contributed by atoms with Gasteiger partial charge in [-0.3, -0.25) is 14.5 Å². The highest BCUT2D eigenvalue weighted by Crippen LogP contribution is 2.34. The zero-order valence-electron chi connectivity index (χ0n) is 16.3. The van der Waals surface area contributed by atoms with Crippen LogP contribution in [0.15, 0.2) is 90.4 Å². The van der Waals surface area contributed by atoms with Gasteiger partial charge in [-0.25, -0.2) is 4.99 Å². The zero-order chi connectivity index (χ0) is 20.9. The number of carbonyl (C=O) groups is 2. The fourth-order valence-corrected chi connectivity index (χ4v) is 4.49. The van der Waals surface area contributed by atoms with Crippen molar-refractivity contribution in [3.05, 3.63) is 85.5 Å². The molecule has 1 aliphatic heterocycles. The SMILES string of the molecule is C=CCN1C(=O)C(CC(=O)Nc2ccccc2)SC1=Nc1cccc2ccccc12. The van der Waals surface area contributed by atoms with Gasteiger partial charge < -0.3 is 5.32 Å². The lowest BCUT2D eigenvalue weighted by Gasteiger charge is -2.14. The first-order valence-electron chi connectivity index (χ1n) is 9.66. The average molecular weight is 416 g/mol. The average Bonchev–Trinajstić information content (AvgIpc) is 3.04. The fraction of sp³-hybridized carbons (Fsp3) is 0.125. The Labute approximate surface area is 179 Å². The highest BCUT2D eigenvalue weighted by molar-refractivity contribution is 8.15. The van der Waals surface area contributed by atoms with Crippen LogP contribution in [0, 0.1) is 0 Å². The molecule has 0 bridgehead atoms. The number of benzene rings is 3. The standard InChI is InChI=1S/C24H21N3O2S/c1-2-15-27-23(29)21(16-22(28)25-18-11-4-3-5-12-18)30-24(27)26-20-14-8-10-17-9-6-7-13-19(17)20/h2-14,21H,1,15-16H2,(H,25,28). The third-order valence-electron chi connectivity index (χ3n) is 4.74. The third kappa shape index (κ3) is 4.28. The Hall–Kier alpha value is -3.38. The molecule has 3 aromatic carbocycles. The Kier molecular flexibility index (Phi) is 5.95. The van der Waals surface area contributed by atoms with Crippen molar-refractivity contribution in [2.75, 3.05) is 11.9 Å². The molecule has 2 amide bonds. The summed E-state index contributed by atoms with van der Waals surface area (Å²) in [4.78, 5) is 31.8. The van der Waals surface area contributed by atoms with Crippen LogP contribution in [0.2, 0.25) is 0 Å². The first-order chi connectivity index (χ1) is 14.7. The molecule has 0 radical (unpaired) electrons. The zero-order valence-corrected chi connectivity index (χ0v) is 17.1. The van der Waals surface area contributed by atoms with Crippen LogP contribution in [-0.4, -0.2) is 33.7 Å². The van der Waals surface area contributed by atoms with E-state index in [0.717, 1.165) is 16.5 Å². The van der Waals surface area contributed by atoms with Crippen molar-refractivity contribution in [3.8, 4) is 0 Å². The van der Waals surface area contributed by atoms with Gasteiger partial charge in [0, 0.05) is 24.0 Å². The van der Waals surface area contributed by atoms with Crippen molar-refractivity contribution in [3.63, 3.8) is 0 Å². The summed E-state index contributed by atoms with van der Waals surface area (Å²) >= 11 is 1.33. The number of hydrogen-bond donors (Lipinski definition) is 1. The van der Waals surface area contributed by atoms with Gasteiger partial charge in [-0.1, -0.05) is 72.4 Å². The lowest BCUT2D eigenvalue weighted by Crippen LogP contribution is -2.33. The molecule has 0 spiro atoms. The molecule has 5 nitrogen and oxygen atoms in total. The predicted octanol–water partition coefficient (Wildman–Crippen LogP) is 4.99. The van der Waals surface area contributed by atoms with E-state index in [9.17, 15) is 9.59 Å². The maximum absolute atomic E-state index is 12.9. The van der Waals surface area contributed by atoms with Gasteiger partial charge in [0.05, 0.1) is 5.69 Å². The van der Waals surface area contributed by atoms with Crippen LogP contribution in [0.3, 0.4) is 0 Å². The van der Waals surface area contributed by atoms with Crippen LogP contribution in [0.4, 0.5) is 11.4 Å². The monoisotopic (exact) mass is 415 g/mol. The summed E-state index contributed by atoms with van der Waals surface area (Å²) in [7, 11) is 0.